The second-order valence-electron chi connectivity index (χ2n) is 6.90. The van der Waals surface area contributed by atoms with Gasteiger partial charge in [0.1, 0.15) is 0 Å². The van der Waals surface area contributed by atoms with E-state index in [2.05, 4.69) is 0 Å². The Morgan fingerprint density at radius 1 is 1.15 bits per heavy atom. The maximum absolute atomic E-state index is 12.8. The van der Waals surface area contributed by atoms with Gasteiger partial charge in [-0.25, -0.2) is 0 Å². The molecular formula is C15H25N3O2. The number of piperidine rings is 1. The predicted octanol–water partition coefficient (Wildman–Crippen LogP) is 0.474. The Kier molecular flexibility index (Phi) is 3.71. The lowest BCUT2D eigenvalue weighted by atomic mass is 9.83. The summed E-state index contributed by atoms with van der Waals surface area (Å²) in [6.45, 7) is 1.50. The molecule has 112 valence electrons. The van der Waals surface area contributed by atoms with Crippen molar-refractivity contribution >= 4 is 11.8 Å². The molecule has 0 radical (unpaired) electrons. The Morgan fingerprint density at radius 3 is 2.55 bits per heavy atom. The molecule has 5 unspecified atom stereocenters. The number of hydrogen-bond acceptors (Lipinski definition) is 3. The molecule has 0 aromatic carbocycles. The lowest BCUT2D eigenvalue weighted by Crippen LogP contribution is -2.50. The van der Waals surface area contributed by atoms with Crippen LogP contribution in [0.15, 0.2) is 0 Å². The number of likely N-dealkylation sites (tertiary alicyclic amines) is 1. The van der Waals surface area contributed by atoms with Gasteiger partial charge in [0.25, 0.3) is 0 Å². The van der Waals surface area contributed by atoms with E-state index in [0.717, 1.165) is 32.2 Å². The summed E-state index contributed by atoms with van der Waals surface area (Å²) in [7, 11) is 0. The van der Waals surface area contributed by atoms with Gasteiger partial charge in [0.15, 0.2) is 0 Å². The summed E-state index contributed by atoms with van der Waals surface area (Å²) < 4.78 is 0. The van der Waals surface area contributed by atoms with Crippen LogP contribution in [0.2, 0.25) is 0 Å². The van der Waals surface area contributed by atoms with Crippen LogP contribution in [0.5, 0.6) is 0 Å². The molecule has 4 N–H and O–H groups in total. The maximum atomic E-state index is 12.8. The monoisotopic (exact) mass is 279 g/mol. The third-order valence-electron chi connectivity index (χ3n) is 5.59. The van der Waals surface area contributed by atoms with Crippen LogP contribution in [-0.4, -0.2) is 35.8 Å². The van der Waals surface area contributed by atoms with Crippen LogP contribution in [0.3, 0.4) is 0 Å². The number of carbonyl (C=O) groups is 2. The van der Waals surface area contributed by atoms with E-state index in [-0.39, 0.29) is 29.7 Å². The van der Waals surface area contributed by atoms with Gasteiger partial charge in [0.2, 0.25) is 11.8 Å². The highest BCUT2D eigenvalue weighted by Crippen LogP contribution is 2.48. The van der Waals surface area contributed by atoms with E-state index < -0.39 is 0 Å². The fraction of sp³-hybridized carbons (Fsp3) is 0.867. The normalized spacial score (nSPS) is 40.0. The molecule has 3 fully saturated rings. The van der Waals surface area contributed by atoms with Gasteiger partial charge in [-0.05, 0) is 49.9 Å². The van der Waals surface area contributed by atoms with E-state index in [0.29, 0.717) is 24.8 Å². The van der Waals surface area contributed by atoms with Crippen molar-refractivity contribution in [2.24, 2.45) is 35.1 Å². The van der Waals surface area contributed by atoms with Crippen LogP contribution in [0.25, 0.3) is 0 Å². The van der Waals surface area contributed by atoms with Crippen LogP contribution in [0, 0.1) is 23.7 Å². The van der Waals surface area contributed by atoms with Crippen molar-refractivity contribution < 1.29 is 9.59 Å². The van der Waals surface area contributed by atoms with Crippen LogP contribution in [0.4, 0.5) is 0 Å². The first-order chi connectivity index (χ1) is 9.56. The molecule has 5 nitrogen and oxygen atoms in total. The molecule has 0 aromatic heterocycles. The van der Waals surface area contributed by atoms with Gasteiger partial charge < -0.3 is 16.4 Å². The molecule has 20 heavy (non-hydrogen) atoms. The number of fused-ring (bicyclic) bond motifs is 2. The summed E-state index contributed by atoms with van der Waals surface area (Å²) >= 11 is 0. The average molecular weight is 279 g/mol. The zero-order valence-electron chi connectivity index (χ0n) is 12.0. The summed E-state index contributed by atoms with van der Waals surface area (Å²) in [4.78, 5) is 25.8. The summed E-state index contributed by atoms with van der Waals surface area (Å²) in [6, 6.07) is 0.0535. The molecule has 3 aliphatic rings. The SMILES string of the molecule is NC(=O)CC1CCCN(C(=O)C2C3CCC(C3)C2N)C1. The fourth-order valence-corrected chi connectivity index (χ4v) is 4.63. The maximum Gasteiger partial charge on any atom is 0.227 e. The van der Waals surface area contributed by atoms with E-state index in [4.69, 9.17) is 11.5 Å². The van der Waals surface area contributed by atoms with Crippen LogP contribution in [-0.2, 0) is 9.59 Å². The molecule has 1 aliphatic heterocycles. The smallest absolute Gasteiger partial charge is 0.227 e. The Hall–Kier alpha value is -1.10. The van der Waals surface area contributed by atoms with E-state index in [9.17, 15) is 9.59 Å². The fourth-order valence-electron chi connectivity index (χ4n) is 4.63. The standard InChI is InChI=1S/C15H25N3O2/c16-12(19)6-9-2-1-5-18(8-9)15(20)13-10-3-4-11(7-10)14(13)17/h9-11,13-14H,1-8,17H2,(H2,16,19). The van der Waals surface area contributed by atoms with E-state index in [1.165, 1.54) is 6.42 Å². The molecule has 3 rings (SSSR count). The van der Waals surface area contributed by atoms with Crippen molar-refractivity contribution in [2.75, 3.05) is 13.1 Å². The third-order valence-corrected chi connectivity index (χ3v) is 5.59. The molecule has 1 saturated heterocycles. The third kappa shape index (κ3) is 2.43. The number of primary amides is 1. The van der Waals surface area contributed by atoms with Gasteiger partial charge >= 0.3 is 0 Å². The number of nitrogens with two attached hydrogens (primary N) is 2. The predicted molar refractivity (Wildman–Crippen MR) is 75.4 cm³/mol. The molecule has 1 heterocycles. The average Bonchev–Trinajstić information content (AvgIpc) is 2.98. The van der Waals surface area contributed by atoms with E-state index in [1.54, 1.807) is 0 Å². The quantitative estimate of drug-likeness (QED) is 0.787. The summed E-state index contributed by atoms with van der Waals surface area (Å²) in [6.07, 6.45) is 5.85. The van der Waals surface area contributed by atoms with Crippen molar-refractivity contribution in [1.82, 2.24) is 4.90 Å². The zero-order valence-corrected chi connectivity index (χ0v) is 12.0. The topological polar surface area (TPSA) is 89.4 Å². The van der Waals surface area contributed by atoms with E-state index in [1.807, 2.05) is 4.90 Å². The minimum Gasteiger partial charge on any atom is -0.370 e. The van der Waals surface area contributed by atoms with Gasteiger partial charge in [0, 0.05) is 25.6 Å². The number of carbonyl (C=O) groups excluding carboxylic acids is 2. The molecule has 0 spiro atoms. The summed E-state index contributed by atoms with van der Waals surface area (Å²) in [5.41, 5.74) is 11.5. The molecule has 2 aliphatic carbocycles. The summed E-state index contributed by atoms with van der Waals surface area (Å²) in [5, 5.41) is 0. The highest BCUT2D eigenvalue weighted by molar-refractivity contribution is 5.81. The molecule has 2 amide bonds. The highest BCUT2D eigenvalue weighted by Gasteiger charge is 2.50. The van der Waals surface area contributed by atoms with Crippen molar-refractivity contribution in [3.63, 3.8) is 0 Å². The van der Waals surface area contributed by atoms with Crippen molar-refractivity contribution in [3.8, 4) is 0 Å². The zero-order chi connectivity index (χ0) is 14.3. The number of rotatable bonds is 3. The van der Waals surface area contributed by atoms with Gasteiger partial charge in [-0.1, -0.05) is 0 Å². The number of hydrogen-bond donors (Lipinski definition) is 2. The summed E-state index contributed by atoms with van der Waals surface area (Å²) in [5.74, 6) is 1.29. The number of nitrogens with zero attached hydrogens (tertiary/aromatic N) is 1. The largest absolute Gasteiger partial charge is 0.370 e. The Bertz CT molecular complexity index is 410. The first-order valence-electron chi connectivity index (χ1n) is 7.89. The van der Waals surface area contributed by atoms with E-state index >= 15 is 0 Å². The molecule has 2 bridgehead atoms. The number of amides is 2. The van der Waals surface area contributed by atoms with Crippen molar-refractivity contribution in [3.05, 3.63) is 0 Å². The van der Waals surface area contributed by atoms with Crippen LogP contribution < -0.4 is 11.5 Å². The highest BCUT2D eigenvalue weighted by atomic mass is 16.2. The minimum atomic E-state index is -0.263. The molecule has 0 aromatic rings. The molecule has 5 atom stereocenters. The minimum absolute atomic E-state index is 0.0288. The Labute approximate surface area is 120 Å². The van der Waals surface area contributed by atoms with Crippen LogP contribution in [0.1, 0.15) is 38.5 Å². The van der Waals surface area contributed by atoms with Gasteiger partial charge in [-0.15, -0.1) is 0 Å². The first kappa shape index (κ1) is 13.9. The lowest BCUT2D eigenvalue weighted by molar-refractivity contribution is -0.140. The van der Waals surface area contributed by atoms with Gasteiger partial charge in [0.05, 0.1) is 5.92 Å². The second kappa shape index (κ2) is 5.35. The second-order valence-corrected chi connectivity index (χ2v) is 6.90. The van der Waals surface area contributed by atoms with Crippen LogP contribution >= 0.6 is 0 Å². The lowest BCUT2D eigenvalue weighted by Gasteiger charge is -2.37. The Morgan fingerprint density at radius 2 is 1.90 bits per heavy atom. The Balaban J connectivity index is 1.63. The van der Waals surface area contributed by atoms with Crippen molar-refractivity contribution in [1.29, 1.82) is 0 Å². The van der Waals surface area contributed by atoms with Gasteiger partial charge in [-0.2, -0.15) is 0 Å². The van der Waals surface area contributed by atoms with Crippen molar-refractivity contribution in [2.45, 2.75) is 44.6 Å². The van der Waals surface area contributed by atoms with Gasteiger partial charge in [-0.3, -0.25) is 9.59 Å². The molecular weight excluding hydrogens is 254 g/mol. The first-order valence-corrected chi connectivity index (χ1v) is 7.89. The molecule has 2 saturated carbocycles. The molecule has 5 heteroatoms.